The van der Waals surface area contributed by atoms with Gasteiger partial charge in [0.2, 0.25) is 0 Å². The highest BCUT2D eigenvalue weighted by molar-refractivity contribution is 5.88. The minimum atomic E-state index is -0.903. The first-order valence-electron chi connectivity index (χ1n) is 5.78. The molecule has 4 heteroatoms. The van der Waals surface area contributed by atoms with Gasteiger partial charge in [0.05, 0.1) is 11.3 Å². The molecule has 1 N–H and O–H groups in total. The van der Waals surface area contributed by atoms with E-state index in [-0.39, 0.29) is 0 Å². The second-order valence-corrected chi connectivity index (χ2v) is 4.47. The van der Waals surface area contributed by atoms with Crippen LogP contribution in [0.2, 0.25) is 0 Å². The molecule has 0 unspecified atom stereocenters. The van der Waals surface area contributed by atoms with Crippen LogP contribution < -0.4 is 0 Å². The van der Waals surface area contributed by atoms with Crippen LogP contribution in [0.4, 0.5) is 0 Å². The Bertz CT molecular complexity index is 627. The molecule has 1 aromatic carbocycles. The minimum absolute atomic E-state index is 0.309. The third kappa shape index (κ3) is 1.90. The zero-order chi connectivity index (χ0) is 13.4. The van der Waals surface area contributed by atoms with Gasteiger partial charge in [-0.2, -0.15) is 0 Å². The maximum absolute atomic E-state index is 10.9. The highest BCUT2D eigenvalue weighted by atomic mass is 16.4. The summed E-state index contributed by atoms with van der Waals surface area (Å²) < 4.78 is 2.05. The molecule has 0 spiro atoms. The van der Waals surface area contributed by atoms with Crippen molar-refractivity contribution in [2.24, 2.45) is 0 Å². The second-order valence-electron chi connectivity index (χ2n) is 4.47. The summed E-state index contributed by atoms with van der Waals surface area (Å²) in [6.07, 6.45) is 0. The number of carbonyl (C=O) groups is 1. The number of hydrogen-bond acceptors (Lipinski definition) is 2. The third-order valence-electron chi connectivity index (χ3n) is 3.20. The molecule has 0 atom stereocenters. The molecule has 0 aliphatic carbocycles. The monoisotopic (exact) mass is 244 g/mol. The van der Waals surface area contributed by atoms with E-state index in [2.05, 4.69) is 9.55 Å². The number of benzene rings is 1. The van der Waals surface area contributed by atoms with E-state index < -0.39 is 5.97 Å². The van der Waals surface area contributed by atoms with Crippen LogP contribution in [0.1, 0.15) is 33.1 Å². The molecular weight excluding hydrogens is 228 g/mol. The third-order valence-corrected chi connectivity index (χ3v) is 3.20. The summed E-state index contributed by atoms with van der Waals surface area (Å²) in [7, 11) is 0. The number of nitrogens with zero attached hydrogens (tertiary/aromatic N) is 2. The number of aromatic nitrogens is 2. The summed E-state index contributed by atoms with van der Waals surface area (Å²) in [4.78, 5) is 15.4. The van der Waals surface area contributed by atoms with Crippen LogP contribution in [0.15, 0.2) is 18.2 Å². The Morgan fingerprint density at radius 2 is 1.89 bits per heavy atom. The van der Waals surface area contributed by atoms with E-state index in [1.165, 1.54) is 0 Å². The van der Waals surface area contributed by atoms with Crippen molar-refractivity contribution in [2.45, 2.75) is 27.7 Å². The fourth-order valence-electron chi connectivity index (χ4n) is 2.17. The Morgan fingerprint density at radius 1 is 1.22 bits per heavy atom. The van der Waals surface area contributed by atoms with Gasteiger partial charge in [-0.1, -0.05) is 0 Å². The van der Waals surface area contributed by atoms with Crippen LogP contribution in [-0.4, -0.2) is 20.6 Å². The molecule has 0 saturated heterocycles. The zero-order valence-electron chi connectivity index (χ0n) is 11.0. The molecule has 0 bridgehead atoms. The van der Waals surface area contributed by atoms with Crippen molar-refractivity contribution in [3.8, 4) is 5.69 Å². The number of carboxylic acids is 1. The van der Waals surface area contributed by atoms with Gasteiger partial charge >= 0.3 is 5.97 Å². The van der Waals surface area contributed by atoms with E-state index in [9.17, 15) is 4.79 Å². The molecule has 0 amide bonds. The number of hydrogen-bond donors (Lipinski definition) is 1. The van der Waals surface area contributed by atoms with Crippen molar-refractivity contribution in [1.29, 1.82) is 0 Å². The highest BCUT2D eigenvalue weighted by Crippen LogP contribution is 2.21. The predicted molar refractivity (Wildman–Crippen MR) is 69.5 cm³/mol. The average Bonchev–Trinajstić information content (AvgIpc) is 2.54. The SMILES string of the molecule is Cc1cc(C(=O)O)ccc1-n1c(C)nc(C)c1C. The molecular formula is C14H16N2O2. The number of imidazole rings is 1. The van der Waals surface area contributed by atoms with Crippen molar-refractivity contribution in [2.75, 3.05) is 0 Å². The molecule has 0 fully saturated rings. The van der Waals surface area contributed by atoms with E-state index >= 15 is 0 Å². The van der Waals surface area contributed by atoms with Crippen molar-refractivity contribution in [3.63, 3.8) is 0 Å². The Balaban J connectivity index is 2.62. The Labute approximate surface area is 106 Å². The van der Waals surface area contributed by atoms with Gasteiger partial charge in [-0.3, -0.25) is 0 Å². The number of rotatable bonds is 2. The first-order chi connectivity index (χ1) is 8.41. The first-order valence-corrected chi connectivity index (χ1v) is 5.78. The van der Waals surface area contributed by atoms with E-state index in [1.54, 1.807) is 12.1 Å². The lowest BCUT2D eigenvalue weighted by atomic mass is 10.1. The van der Waals surface area contributed by atoms with E-state index in [0.717, 1.165) is 28.5 Å². The van der Waals surface area contributed by atoms with Crippen LogP contribution in [0.25, 0.3) is 5.69 Å². The summed E-state index contributed by atoms with van der Waals surface area (Å²) >= 11 is 0. The quantitative estimate of drug-likeness (QED) is 0.883. The molecule has 1 heterocycles. The molecule has 0 radical (unpaired) electrons. The molecule has 18 heavy (non-hydrogen) atoms. The van der Waals surface area contributed by atoms with E-state index in [4.69, 9.17) is 5.11 Å². The largest absolute Gasteiger partial charge is 0.478 e. The fourth-order valence-corrected chi connectivity index (χ4v) is 2.17. The minimum Gasteiger partial charge on any atom is -0.478 e. The van der Waals surface area contributed by atoms with Crippen molar-refractivity contribution < 1.29 is 9.90 Å². The molecule has 4 nitrogen and oxygen atoms in total. The van der Waals surface area contributed by atoms with Gasteiger partial charge in [0.1, 0.15) is 5.82 Å². The number of aryl methyl sites for hydroxylation is 3. The number of carboxylic acid groups (broad SMARTS) is 1. The maximum atomic E-state index is 10.9. The van der Waals surface area contributed by atoms with Gasteiger partial charge in [0.25, 0.3) is 0 Å². The Hall–Kier alpha value is -2.10. The summed E-state index contributed by atoms with van der Waals surface area (Å²) in [5.74, 6) is 0.0103. The van der Waals surface area contributed by atoms with Gasteiger partial charge in [-0.25, -0.2) is 9.78 Å². The van der Waals surface area contributed by atoms with Gasteiger partial charge in [-0.15, -0.1) is 0 Å². The van der Waals surface area contributed by atoms with Crippen LogP contribution >= 0.6 is 0 Å². The zero-order valence-corrected chi connectivity index (χ0v) is 11.0. The lowest BCUT2D eigenvalue weighted by Gasteiger charge is -2.12. The smallest absolute Gasteiger partial charge is 0.335 e. The van der Waals surface area contributed by atoms with Gasteiger partial charge in [0.15, 0.2) is 0 Å². The highest BCUT2D eigenvalue weighted by Gasteiger charge is 2.12. The summed E-state index contributed by atoms with van der Waals surface area (Å²) in [6, 6.07) is 5.14. The van der Waals surface area contributed by atoms with Crippen LogP contribution in [0, 0.1) is 27.7 Å². The maximum Gasteiger partial charge on any atom is 0.335 e. The van der Waals surface area contributed by atoms with E-state index in [0.29, 0.717) is 5.56 Å². The molecule has 0 aliphatic rings. The first kappa shape index (κ1) is 12.4. The lowest BCUT2D eigenvalue weighted by molar-refractivity contribution is 0.0697. The van der Waals surface area contributed by atoms with E-state index in [1.807, 2.05) is 33.8 Å². The average molecular weight is 244 g/mol. The molecule has 1 aromatic heterocycles. The summed E-state index contributed by atoms with van der Waals surface area (Å²) in [5, 5.41) is 8.96. The van der Waals surface area contributed by atoms with Gasteiger partial charge in [-0.05, 0) is 51.5 Å². The fraction of sp³-hybridized carbons (Fsp3) is 0.286. The Morgan fingerprint density at radius 3 is 2.33 bits per heavy atom. The van der Waals surface area contributed by atoms with Gasteiger partial charge in [0, 0.05) is 11.4 Å². The summed E-state index contributed by atoms with van der Waals surface area (Å²) in [6.45, 7) is 7.85. The van der Waals surface area contributed by atoms with Crippen molar-refractivity contribution in [3.05, 3.63) is 46.5 Å². The second kappa shape index (κ2) is 4.29. The van der Waals surface area contributed by atoms with Crippen molar-refractivity contribution >= 4 is 5.97 Å². The molecule has 2 aromatic rings. The number of aromatic carboxylic acids is 1. The molecule has 0 saturated carbocycles. The van der Waals surface area contributed by atoms with Crippen LogP contribution in [-0.2, 0) is 0 Å². The topological polar surface area (TPSA) is 55.1 Å². The van der Waals surface area contributed by atoms with Crippen molar-refractivity contribution in [1.82, 2.24) is 9.55 Å². The summed E-state index contributed by atoms with van der Waals surface area (Å²) in [5.41, 5.74) is 4.30. The standard InChI is InChI=1S/C14H16N2O2/c1-8-7-12(14(17)18)5-6-13(8)16-10(3)9(2)15-11(16)4/h5-7H,1-4H3,(H,17,18). The molecule has 94 valence electrons. The van der Waals surface area contributed by atoms with Crippen LogP contribution in [0.5, 0.6) is 0 Å². The predicted octanol–water partition coefficient (Wildman–Crippen LogP) is 2.80. The Kier molecular flexibility index (Phi) is 2.95. The van der Waals surface area contributed by atoms with Crippen LogP contribution in [0.3, 0.4) is 0 Å². The van der Waals surface area contributed by atoms with Gasteiger partial charge < -0.3 is 9.67 Å². The molecule has 2 rings (SSSR count). The normalized spacial score (nSPS) is 10.7. The molecule has 0 aliphatic heterocycles. The lowest BCUT2D eigenvalue weighted by Crippen LogP contribution is -2.04.